The van der Waals surface area contributed by atoms with Crippen molar-refractivity contribution >= 4 is 0 Å². The summed E-state index contributed by atoms with van der Waals surface area (Å²) in [6.45, 7) is 2.99. The highest BCUT2D eigenvalue weighted by atomic mass is 19.4. The lowest BCUT2D eigenvalue weighted by molar-refractivity contribution is -0.138. The Balaban J connectivity index is 2.54. The van der Waals surface area contributed by atoms with Gasteiger partial charge < -0.3 is 5.32 Å². The molecule has 0 radical (unpaired) electrons. The molecule has 0 fully saturated rings. The molecule has 0 aromatic heterocycles. The monoisotopic (exact) mass is 215 g/mol. The van der Waals surface area contributed by atoms with E-state index in [0.717, 1.165) is 18.2 Å². The molecule has 1 aromatic rings. The van der Waals surface area contributed by atoms with Gasteiger partial charge in [0.05, 0.1) is 5.56 Å². The third kappa shape index (κ3) is 1.86. The normalized spacial score (nSPS) is 21.2. The van der Waals surface area contributed by atoms with E-state index in [-0.39, 0.29) is 5.92 Å². The van der Waals surface area contributed by atoms with Gasteiger partial charge in [0.1, 0.15) is 0 Å². The maximum Gasteiger partial charge on any atom is 0.416 e. The second-order valence-electron chi connectivity index (χ2n) is 3.90. The molecule has 1 nitrogen and oxygen atoms in total. The van der Waals surface area contributed by atoms with E-state index in [1.165, 1.54) is 6.07 Å². The topological polar surface area (TPSA) is 12.0 Å². The zero-order valence-corrected chi connectivity index (χ0v) is 8.36. The standard InChI is InChI=1S/C11H12F3N/c1-7-5-15-6-9-8(7)3-2-4-10(9)11(12,13)14/h2-4,7,15H,5-6H2,1H3. The zero-order chi connectivity index (χ0) is 11.1. The van der Waals surface area contributed by atoms with Gasteiger partial charge in [-0.2, -0.15) is 13.2 Å². The smallest absolute Gasteiger partial charge is 0.312 e. The fraction of sp³-hybridized carbons (Fsp3) is 0.455. The van der Waals surface area contributed by atoms with Crippen LogP contribution in [0.4, 0.5) is 13.2 Å². The molecule has 1 aromatic carbocycles. The van der Waals surface area contributed by atoms with Crippen LogP contribution >= 0.6 is 0 Å². The molecule has 0 amide bonds. The second kappa shape index (κ2) is 3.52. The van der Waals surface area contributed by atoms with E-state index < -0.39 is 11.7 Å². The van der Waals surface area contributed by atoms with Gasteiger partial charge in [-0.25, -0.2) is 0 Å². The van der Waals surface area contributed by atoms with Crippen molar-refractivity contribution < 1.29 is 13.2 Å². The maximum absolute atomic E-state index is 12.7. The molecule has 82 valence electrons. The Hall–Kier alpha value is -1.03. The van der Waals surface area contributed by atoms with Gasteiger partial charge in [0.25, 0.3) is 0 Å². The van der Waals surface area contributed by atoms with Crippen molar-refractivity contribution in [2.75, 3.05) is 6.54 Å². The lowest BCUT2D eigenvalue weighted by Crippen LogP contribution is -2.29. The van der Waals surface area contributed by atoms with E-state index in [1.54, 1.807) is 6.07 Å². The fourth-order valence-electron chi connectivity index (χ4n) is 2.05. The van der Waals surface area contributed by atoms with Crippen molar-refractivity contribution in [3.05, 3.63) is 34.9 Å². The summed E-state index contributed by atoms with van der Waals surface area (Å²) in [5.74, 6) is 0.149. The van der Waals surface area contributed by atoms with Crippen molar-refractivity contribution in [3.8, 4) is 0 Å². The summed E-state index contributed by atoms with van der Waals surface area (Å²) < 4.78 is 38.0. The summed E-state index contributed by atoms with van der Waals surface area (Å²) in [5.41, 5.74) is 0.728. The van der Waals surface area contributed by atoms with E-state index in [9.17, 15) is 13.2 Å². The predicted octanol–water partition coefficient (Wildman–Crippen LogP) is 2.91. The third-order valence-electron chi connectivity index (χ3n) is 2.80. The first kappa shape index (κ1) is 10.5. The van der Waals surface area contributed by atoms with E-state index in [2.05, 4.69) is 5.32 Å². The first-order chi connectivity index (χ1) is 7.00. The van der Waals surface area contributed by atoms with Crippen molar-refractivity contribution in [2.24, 2.45) is 0 Å². The van der Waals surface area contributed by atoms with Crippen molar-refractivity contribution in [3.63, 3.8) is 0 Å². The van der Waals surface area contributed by atoms with Gasteiger partial charge in [-0.15, -0.1) is 0 Å². The Bertz CT molecular complexity index is 371. The summed E-state index contributed by atoms with van der Waals surface area (Å²) in [7, 11) is 0. The Kier molecular flexibility index (Phi) is 2.46. The summed E-state index contributed by atoms with van der Waals surface area (Å²) in [4.78, 5) is 0. The first-order valence-electron chi connectivity index (χ1n) is 4.90. The lowest BCUT2D eigenvalue weighted by atomic mass is 9.89. The molecule has 4 heteroatoms. The van der Waals surface area contributed by atoms with Crippen LogP contribution in [0.15, 0.2) is 18.2 Å². The number of rotatable bonds is 0. The van der Waals surface area contributed by atoms with Crippen LogP contribution in [0.1, 0.15) is 29.5 Å². The number of nitrogens with one attached hydrogen (secondary N) is 1. The zero-order valence-electron chi connectivity index (χ0n) is 8.36. The molecule has 2 rings (SSSR count). The molecule has 1 aliphatic rings. The Morgan fingerprint density at radius 3 is 2.73 bits per heavy atom. The number of halogens is 3. The van der Waals surface area contributed by atoms with Crippen molar-refractivity contribution in [1.29, 1.82) is 0 Å². The molecule has 0 saturated heterocycles. The largest absolute Gasteiger partial charge is 0.416 e. The van der Waals surface area contributed by atoms with Crippen LogP contribution in [0.3, 0.4) is 0 Å². The van der Waals surface area contributed by atoms with Gasteiger partial charge in [0.15, 0.2) is 0 Å². The quantitative estimate of drug-likeness (QED) is 0.701. The van der Waals surface area contributed by atoms with E-state index in [1.807, 2.05) is 6.92 Å². The minimum absolute atomic E-state index is 0.149. The highest BCUT2D eigenvalue weighted by Gasteiger charge is 2.35. The summed E-state index contributed by atoms with van der Waals surface area (Å²) >= 11 is 0. The summed E-state index contributed by atoms with van der Waals surface area (Å²) in [5, 5.41) is 3.00. The van der Waals surface area contributed by atoms with E-state index in [0.29, 0.717) is 12.1 Å². The molecule has 0 bridgehead atoms. The minimum atomic E-state index is -4.25. The maximum atomic E-state index is 12.7. The van der Waals surface area contributed by atoms with Crippen molar-refractivity contribution in [1.82, 2.24) is 5.32 Å². The van der Waals surface area contributed by atoms with Crippen LogP contribution in [0.5, 0.6) is 0 Å². The second-order valence-corrected chi connectivity index (χ2v) is 3.90. The molecule has 1 atom stereocenters. The van der Waals surface area contributed by atoms with Crippen LogP contribution in [0, 0.1) is 0 Å². The summed E-state index contributed by atoms with van der Waals surface area (Å²) in [6.07, 6.45) is -4.25. The molecule has 1 heterocycles. The third-order valence-corrected chi connectivity index (χ3v) is 2.80. The molecule has 1 N–H and O–H groups in total. The molecule has 1 unspecified atom stereocenters. The molecular formula is C11H12F3N. The number of hydrogen-bond acceptors (Lipinski definition) is 1. The molecule has 0 saturated carbocycles. The van der Waals surface area contributed by atoms with Gasteiger partial charge in [-0.1, -0.05) is 19.1 Å². The van der Waals surface area contributed by atoms with Crippen LogP contribution in [-0.4, -0.2) is 6.54 Å². The van der Waals surface area contributed by atoms with Crippen molar-refractivity contribution in [2.45, 2.75) is 25.6 Å². The highest BCUT2D eigenvalue weighted by Crippen LogP contribution is 2.36. The van der Waals surface area contributed by atoms with Gasteiger partial charge in [-0.3, -0.25) is 0 Å². The SMILES string of the molecule is CC1CNCc2c1cccc2C(F)(F)F. The van der Waals surface area contributed by atoms with Crippen LogP contribution in [0.25, 0.3) is 0 Å². The number of benzene rings is 1. The number of alkyl halides is 3. The Labute approximate surface area is 86.3 Å². The van der Waals surface area contributed by atoms with Gasteiger partial charge in [0, 0.05) is 13.1 Å². The molecule has 15 heavy (non-hydrogen) atoms. The molecule has 0 spiro atoms. The van der Waals surface area contributed by atoms with Gasteiger partial charge in [-0.05, 0) is 23.1 Å². The van der Waals surface area contributed by atoms with Gasteiger partial charge in [0.2, 0.25) is 0 Å². The average molecular weight is 215 g/mol. The fourth-order valence-corrected chi connectivity index (χ4v) is 2.05. The molecular weight excluding hydrogens is 203 g/mol. The first-order valence-corrected chi connectivity index (χ1v) is 4.90. The Morgan fingerprint density at radius 2 is 2.07 bits per heavy atom. The highest BCUT2D eigenvalue weighted by molar-refractivity contribution is 5.40. The summed E-state index contributed by atoms with van der Waals surface area (Å²) in [6, 6.07) is 4.43. The van der Waals surface area contributed by atoms with Crippen LogP contribution in [0.2, 0.25) is 0 Å². The van der Waals surface area contributed by atoms with Gasteiger partial charge >= 0.3 is 6.18 Å². The van der Waals surface area contributed by atoms with E-state index in [4.69, 9.17) is 0 Å². The van der Waals surface area contributed by atoms with Crippen LogP contribution < -0.4 is 5.32 Å². The number of fused-ring (bicyclic) bond motifs is 1. The predicted molar refractivity (Wildman–Crippen MR) is 51.6 cm³/mol. The van der Waals surface area contributed by atoms with Crippen LogP contribution in [-0.2, 0) is 12.7 Å². The lowest BCUT2D eigenvalue weighted by Gasteiger charge is -2.26. The Morgan fingerprint density at radius 1 is 1.33 bits per heavy atom. The molecule has 0 aliphatic carbocycles. The minimum Gasteiger partial charge on any atom is -0.312 e. The average Bonchev–Trinajstić information content (AvgIpc) is 2.16. The van der Waals surface area contributed by atoms with E-state index >= 15 is 0 Å². The molecule has 1 aliphatic heterocycles. The number of hydrogen-bond donors (Lipinski definition) is 1.